The predicted molar refractivity (Wildman–Crippen MR) is 102 cm³/mol. The largest absolute Gasteiger partial charge is 0.324 e. The van der Waals surface area contributed by atoms with Crippen LogP contribution in [0.25, 0.3) is 0 Å². The van der Waals surface area contributed by atoms with Crippen molar-refractivity contribution in [2.24, 2.45) is 0 Å². The van der Waals surface area contributed by atoms with Crippen molar-refractivity contribution in [1.82, 2.24) is 10.2 Å². The first-order valence-corrected chi connectivity index (χ1v) is 12.6. The van der Waals surface area contributed by atoms with E-state index in [0.29, 0.717) is 10.7 Å². The normalized spacial score (nSPS) is 34.0. The Bertz CT molecular complexity index is 934. The highest BCUT2D eigenvalue weighted by Gasteiger charge is 2.54. The number of benzene rings is 1. The summed E-state index contributed by atoms with van der Waals surface area (Å²) < 4.78 is 48.4. The van der Waals surface area contributed by atoms with Crippen molar-refractivity contribution in [3.63, 3.8) is 0 Å². The van der Waals surface area contributed by atoms with Gasteiger partial charge in [0, 0.05) is 24.2 Å². The van der Waals surface area contributed by atoms with Crippen molar-refractivity contribution in [2.75, 3.05) is 34.9 Å². The Kier molecular flexibility index (Phi) is 4.75. The lowest BCUT2D eigenvalue weighted by atomic mass is 9.97. The number of halogens is 1. The average molecular weight is 434 g/mol. The van der Waals surface area contributed by atoms with Crippen LogP contribution < -0.4 is 10.6 Å². The molecular weight excluding hydrogens is 414 g/mol. The summed E-state index contributed by atoms with van der Waals surface area (Å²) in [6.07, 6.45) is 0. The number of amides is 1. The molecule has 27 heavy (non-hydrogen) atoms. The lowest BCUT2D eigenvalue weighted by molar-refractivity contribution is -0.119. The van der Waals surface area contributed by atoms with Crippen molar-refractivity contribution in [3.8, 4) is 0 Å². The molecule has 0 aromatic heterocycles. The highest BCUT2D eigenvalue weighted by Crippen LogP contribution is 2.31. The summed E-state index contributed by atoms with van der Waals surface area (Å²) in [6, 6.07) is 5.25. The molecule has 148 valence electrons. The van der Waals surface area contributed by atoms with E-state index in [1.54, 1.807) is 29.2 Å². The second-order valence-electron chi connectivity index (χ2n) is 7.37. The third kappa shape index (κ3) is 3.86. The smallest absolute Gasteiger partial charge is 0.238 e. The van der Waals surface area contributed by atoms with Crippen LogP contribution in [0.1, 0.15) is 0 Å². The van der Waals surface area contributed by atoms with E-state index in [1.807, 2.05) is 0 Å². The molecule has 3 fully saturated rings. The number of anilines is 1. The van der Waals surface area contributed by atoms with E-state index in [2.05, 4.69) is 10.6 Å². The minimum Gasteiger partial charge on any atom is -0.324 e. The van der Waals surface area contributed by atoms with E-state index >= 15 is 0 Å². The molecule has 3 aliphatic heterocycles. The fraction of sp³-hybridized carbons (Fsp3) is 0.562. The zero-order valence-corrected chi connectivity index (χ0v) is 16.7. The molecule has 1 aromatic rings. The van der Waals surface area contributed by atoms with Gasteiger partial charge in [-0.2, -0.15) is 0 Å². The van der Waals surface area contributed by atoms with Gasteiger partial charge < -0.3 is 10.6 Å². The summed E-state index contributed by atoms with van der Waals surface area (Å²) >= 11 is 6.07. The Morgan fingerprint density at radius 1 is 1.04 bits per heavy atom. The fourth-order valence-corrected chi connectivity index (χ4v) is 8.38. The molecule has 3 saturated heterocycles. The number of piperazine rings is 1. The van der Waals surface area contributed by atoms with Gasteiger partial charge in [-0.25, -0.2) is 16.8 Å². The highest BCUT2D eigenvalue weighted by molar-refractivity contribution is 7.92. The Morgan fingerprint density at radius 3 is 2.15 bits per heavy atom. The second kappa shape index (κ2) is 6.70. The van der Waals surface area contributed by atoms with Gasteiger partial charge in [0.2, 0.25) is 5.91 Å². The van der Waals surface area contributed by atoms with E-state index < -0.39 is 31.8 Å². The molecule has 11 heteroatoms. The van der Waals surface area contributed by atoms with Gasteiger partial charge >= 0.3 is 0 Å². The van der Waals surface area contributed by atoms with Gasteiger partial charge in [0.25, 0.3) is 0 Å². The zero-order chi connectivity index (χ0) is 19.4. The minimum absolute atomic E-state index is 0.0381. The SMILES string of the molecule is O=C(CN1C2CS(=O)(=O)CC2NC2CS(=O)(=O)CC21)Nc1ccccc1Cl. The van der Waals surface area contributed by atoms with Crippen LogP contribution >= 0.6 is 11.6 Å². The summed E-state index contributed by atoms with van der Waals surface area (Å²) in [5, 5.41) is 6.32. The maximum atomic E-state index is 12.6. The Labute approximate surface area is 163 Å². The molecule has 2 N–H and O–H groups in total. The zero-order valence-electron chi connectivity index (χ0n) is 14.3. The first-order valence-electron chi connectivity index (χ1n) is 8.61. The van der Waals surface area contributed by atoms with Gasteiger partial charge in [-0.15, -0.1) is 0 Å². The molecule has 3 aliphatic rings. The van der Waals surface area contributed by atoms with Crippen molar-refractivity contribution >= 4 is 42.9 Å². The summed E-state index contributed by atoms with van der Waals surface area (Å²) in [6.45, 7) is -0.0831. The molecular formula is C16H20ClN3O5S2. The molecule has 3 heterocycles. The van der Waals surface area contributed by atoms with Gasteiger partial charge in [-0.3, -0.25) is 9.69 Å². The van der Waals surface area contributed by atoms with Gasteiger partial charge in [-0.05, 0) is 12.1 Å². The van der Waals surface area contributed by atoms with Crippen LogP contribution in [-0.2, 0) is 24.5 Å². The molecule has 0 spiro atoms. The van der Waals surface area contributed by atoms with Crippen LogP contribution in [0.5, 0.6) is 0 Å². The number of rotatable bonds is 3. The van der Waals surface area contributed by atoms with E-state index in [1.165, 1.54) is 0 Å². The molecule has 1 aromatic carbocycles. The summed E-state index contributed by atoms with van der Waals surface area (Å²) in [5.74, 6) is -0.579. The molecule has 4 unspecified atom stereocenters. The lowest BCUT2D eigenvalue weighted by Gasteiger charge is -2.44. The van der Waals surface area contributed by atoms with Crippen LogP contribution in [0.4, 0.5) is 5.69 Å². The monoisotopic (exact) mass is 433 g/mol. The van der Waals surface area contributed by atoms with Crippen molar-refractivity contribution in [1.29, 1.82) is 0 Å². The number of nitrogens with zero attached hydrogens (tertiary/aromatic N) is 1. The average Bonchev–Trinajstić information content (AvgIpc) is 3.03. The predicted octanol–water partition coefficient (Wildman–Crippen LogP) is -0.485. The number of carbonyl (C=O) groups is 1. The third-order valence-electron chi connectivity index (χ3n) is 5.40. The summed E-state index contributed by atoms with van der Waals surface area (Å²) in [4.78, 5) is 14.4. The van der Waals surface area contributed by atoms with Gasteiger partial charge in [0.1, 0.15) is 0 Å². The standard InChI is InChI=1S/C16H20ClN3O5S2/c17-10-3-1-2-4-11(10)19-16(21)5-20-14-8-26(22,23)6-12(14)18-13-7-27(24,25)9-15(13)20/h1-4,12-15,18H,5-9H2,(H,19,21). The number of fused-ring (bicyclic) bond motifs is 2. The molecule has 0 bridgehead atoms. The minimum atomic E-state index is -3.23. The van der Waals surface area contributed by atoms with Crippen LogP contribution in [-0.4, -0.2) is 81.4 Å². The van der Waals surface area contributed by atoms with Gasteiger partial charge in [0.15, 0.2) is 19.7 Å². The van der Waals surface area contributed by atoms with Crippen LogP contribution in [0, 0.1) is 0 Å². The number of hydrogen-bond acceptors (Lipinski definition) is 7. The first-order chi connectivity index (χ1) is 12.6. The topological polar surface area (TPSA) is 113 Å². The lowest BCUT2D eigenvalue weighted by Crippen LogP contribution is -2.67. The summed E-state index contributed by atoms with van der Waals surface area (Å²) in [5.41, 5.74) is 0.463. The van der Waals surface area contributed by atoms with Crippen molar-refractivity contribution in [2.45, 2.75) is 24.2 Å². The summed E-state index contributed by atoms with van der Waals surface area (Å²) in [7, 11) is -6.46. The molecule has 0 radical (unpaired) electrons. The fourth-order valence-electron chi connectivity index (χ4n) is 4.30. The van der Waals surface area contributed by atoms with Crippen LogP contribution in [0.3, 0.4) is 0 Å². The first kappa shape index (κ1) is 19.1. The molecule has 4 atom stereocenters. The number of carbonyl (C=O) groups excluding carboxylic acids is 1. The molecule has 4 rings (SSSR count). The molecule has 1 amide bonds. The number of para-hydroxylation sites is 1. The maximum absolute atomic E-state index is 12.6. The van der Waals surface area contributed by atoms with Gasteiger partial charge in [0.05, 0.1) is 40.3 Å². The Morgan fingerprint density at radius 2 is 1.59 bits per heavy atom. The maximum Gasteiger partial charge on any atom is 0.238 e. The molecule has 0 saturated carbocycles. The number of hydrogen-bond donors (Lipinski definition) is 2. The van der Waals surface area contributed by atoms with Crippen LogP contribution in [0.2, 0.25) is 5.02 Å². The van der Waals surface area contributed by atoms with Crippen molar-refractivity contribution in [3.05, 3.63) is 29.3 Å². The van der Waals surface area contributed by atoms with E-state index in [4.69, 9.17) is 11.6 Å². The molecule has 0 aliphatic carbocycles. The molecule has 8 nitrogen and oxygen atoms in total. The van der Waals surface area contributed by atoms with Crippen LogP contribution in [0.15, 0.2) is 24.3 Å². The van der Waals surface area contributed by atoms with Gasteiger partial charge in [-0.1, -0.05) is 23.7 Å². The quantitative estimate of drug-likeness (QED) is 0.661. The number of nitrogens with one attached hydrogen (secondary N) is 2. The van der Waals surface area contributed by atoms with Crippen molar-refractivity contribution < 1.29 is 21.6 Å². The van der Waals surface area contributed by atoms with E-state index in [-0.39, 0.29) is 47.5 Å². The third-order valence-corrected chi connectivity index (χ3v) is 9.16. The Balaban J connectivity index is 1.57. The van der Waals surface area contributed by atoms with E-state index in [9.17, 15) is 21.6 Å². The second-order valence-corrected chi connectivity index (χ2v) is 12.1. The highest BCUT2D eigenvalue weighted by atomic mass is 35.5. The van der Waals surface area contributed by atoms with E-state index in [0.717, 1.165) is 0 Å². The number of sulfone groups is 2. The Hall–Kier alpha value is -1.20.